The summed E-state index contributed by atoms with van der Waals surface area (Å²) in [4.78, 5) is 7.13. The summed E-state index contributed by atoms with van der Waals surface area (Å²) in [5.74, 6) is 1.72. The minimum Gasteiger partial charge on any atom is -0.493 e. The van der Waals surface area contributed by atoms with Crippen molar-refractivity contribution in [1.82, 2.24) is 9.88 Å². The van der Waals surface area contributed by atoms with Gasteiger partial charge in [-0.05, 0) is 29.7 Å². The highest BCUT2D eigenvalue weighted by Crippen LogP contribution is 2.43. The first kappa shape index (κ1) is 13.6. The van der Waals surface area contributed by atoms with Crippen LogP contribution in [0, 0.1) is 0 Å². The van der Waals surface area contributed by atoms with Crippen molar-refractivity contribution in [2.45, 2.75) is 25.4 Å². The van der Waals surface area contributed by atoms with Crippen LogP contribution in [0.15, 0.2) is 30.5 Å². The maximum atomic E-state index is 5.62. The molecule has 3 heterocycles. The SMILES string of the molecule is COc1ccc2c(c1OC)CCN1Cc3cccnc3CC21. The second kappa shape index (κ2) is 5.29. The van der Waals surface area contributed by atoms with E-state index >= 15 is 0 Å². The molecular weight excluding hydrogens is 276 g/mol. The lowest BCUT2D eigenvalue weighted by molar-refractivity contribution is 0.157. The molecule has 0 fully saturated rings. The maximum Gasteiger partial charge on any atom is 0.164 e. The van der Waals surface area contributed by atoms with Gasteiger partial charge in [0.05, 0.1) is 14.2 Å². The largest absolute Gasteiger partial charge is 0.493 e. The number of methoxy groups -OCH3 is 2. The van der Waals surface area contributed by atoms with Gasteiger partial charge in [0, 0.05) is 43.0 Å². The average molecular weight is 296 g/mol. The van der Waals surface area contributed by atoms with Crippen molar-refractivity contribution in [2.75, 3.05) is 20.8 Å². The zero-order chi connectivity index (χ0) is 15.1. The van der Waals surface area contributed by atoms with Crippen LogP contribution in [0.4, 0.5) is 0 Å². The van der Waals surface area contributed by atoms with Crippen molar-refractivity contribution in [3.8, 4) is 11.5 Å². The van der Waals surface area contributed by atoms with Crippen LogP contribution >= 0.6 is 0 Å². The molecular formula is C18H20N2O2. The summed E-state index contributed by atoms with van der Waals surface area (Å²) in [5.41, 5.74) is 5.25. The van der Waals surface area contributed by atoms with E-state index in [0.29, 0.717) is 6.04 Å². The Kier molecular flexibility index (Phi) is 3.26. The molecule has 4 heteroatoms. The van der Waals surface area contributed by atoms with Crippen LogP contribution in [0.25, 0.3) is 0 Å². The number of hydrogen-bond acceptors (Lipinski definition) is 4. The summed E-state index contributed by atoms with van der Waals surface area (Å²) >= 11 is 0. The number of ether oxygens (including phenoxy) is 2. The van der Waals surface area contributed by atoms with Gasteiger partial charge in [-0.2, -0.15) is 0 Å². The van der Waals surface area contributed by atoms with E-state index in [9.17, 15) is 0 Å². The summed E-state index contributed by atoms with van der Waals surface area (Å²) in [5, 5.41) is 0. The van der Waals surface area contributed by atoms with Crippen LogP contribution in [-0.2, 0) is 19.4 Å². The van der Waals surface area contributed by atoms with Gasteiger partial charge in [-0.3, -0.25) is 9.88 Å². The van der Waals surface area contributed by atoms with Gasteiger partial charge in [-0.25, -0.2) is 0 Å². The molecule has 1 aromatic heterocycles. The number of rotatable bonds is 2. The Balaban J connectivity index is 1.79. The number of aromatic nitrogens is 1. The smallest absolute Gasteiger partial charge is 0.164 e. The molecule has 2 aromatic rings. The number of pyridine rings is 1. The van der Waals surface area contributed by atoms with Gasteiger partial charge in [0.1, 0.15) is 0 Å². The van der Waals surface area contributed by atoms with E-state index in [1.807, 2.05) is 18.3 Å². The highest BCUT2D eigenvalue weighted by molar-refractivity contribution is 5.53. The molecule has 4 nitrogen and oxygen atoms in total. The van der Waals surface area contributed by atoms with Gasteiger partial charge in [-0.1, -0.05) is 12.1 Å². The van der Waals surface area contributed by atoms with E-state index in [4.69, 9.17) is 9.47 Å². The standard InChI is InChI=1S/C18H20N2O2/c1-21-17-6-5-13-14(18(17)22-2)7-9-20-11-12-4-3-8-19-15(12)10-16(13)20/h3-6,8,16H,7,9-11H2,1-2H3. The number of benzene rings is 1. The third-order valence-electron chi connectivity index (χ3n) is 4.88. The molecule has 0 bridgehead atoms. The fourth-order valence-electron chi connectivity index (χ4n) is 3.81. The predicted octanol–water partition coefficient (Wildman–Crippen LogP) is 2.75. The summed E-state index contributed by atoms with van der Waals surface area (Å²) in [6.45, 7) is 2.04. The average Bonchev–Trinajstić information content (AvgIpc) is 2.58. The Hall–Kier alpha value is -2.07. The van der Waals surface area contributed by atoms with Gasteiger partial charge in [-0.15, -0.1) is 0 Å². The van der Waals surface area contributed by atoms with Crippen molar-refractivity contribution in [1.29, 1.82) is 0 Å². The van der Waals surface area contributed by atoms with Gasteiger partial charge in [0.15, 0.2) is 11.5 Å². The molecule has 4 rings (SSSR count). The molecule has 1 unspecified atom stereocenters. The fourth-order valence-corrected chi connectivity index (χ4v) is 3.81. The molecule has 0 saturated carbocycles. The van der Waals surface area contributed by atoms with Gasteiger partial charge in [0.25, 0.3) is 0 Å². The van der Waals surface area contributed by atoms with E-state index in [2.05, 4.69) is 22.0 Å². The molecule has 0 saturated heterocycles. The predicted molar refractivity (Wildman–Crippen MR) is 84.3 cm³/mol. The Bertz CT molecular complexity index is 714. The van der Waals surface area contributed by atoms with Crippen molar-refractivity contribution >= 4 is 0 Å². The van der Waals surface area contributed by atoms with Crippen LogP contribution in [0.3, 0.4) is 0 Å². The molecule has 1 atom stereocenters. The maximum absolute atomic E-state index is 5.62. The zero-order valence-corrected chi connectivity index (χ0v) is 13.0. The highest BCUT2D eigenvalue weighted by atomic mass is 16.5. The lowest BCUT2D eigenvalue weighted by Crippen LogP contribution is -2.39. The molecule has 114 valence electrons. The van der Waals surface area contributed by atoms with E-state index in [1.165, 1.54) is 22.4 Å². The van der Waals surface area contributed by atoms with Crippen LogP contribution < -0.4 is 9.47 Å². The zero-order valence-electron chi connectivity index (χ0n) is 13.0. The first-order valence-electron chi connectivity index (χ1n) is 7.72. The molecule has 0 spiro atoms. The molecule has 0 aliphatic carbocycles. The van der Waals surface area contributed by atoms with Crippen molar-refractivity contribution in [3.05, 3.63) is 52.8 Å². The van der Waals surface area contributed by atoms with Gasteiger partial charge >= 0.3 is 0 Å². The van der Waals surface area contributed by atoms with Crippen molar-refractivity contribution in [2.24, 2.45) is 0 Å². The molecule has 0 amide bonds. The Morgan fingerprint density at radius 3 is 2.91 bits per heavy atom. The van der Waals surface area contributed by atoms with Crippen LogP contribution in [0.5, 0.6) is 11.5 Å². The van der Waals surface area contributed by atoms with Crippen molar-refractivity contribution in [3.63, 3.8) is 0 Å². The summed E-state index contributed by atoms with van der Waals surface area (Å²) < 4.78 is 11.1. The lowest BCUT2D eigenvalue weighted by atomic mass is 9.85. The Morgan fingerprint density at radius 1 is 1.18 bits per heavy atom. The summed E-state index contributed by atoms with van der Waals surface area (Å²) in [7, 11) is 3.42. The first-order chi connectivity index (χ1) is 10.8. The molecule has 22 heavy (non-hydrogen) atoms. The molecule has 2 aliphatic heterocycles. The molecule has 2 aliphatic rings. The van der Waals surface area contributed by atoms with E-state index < -0.39 is 0 Å². The molecule has 1 aromatic carbocycles. The second-order valence-electron chi connectivity index (χ2n) is 5.92. The fraction of sp³-hybridized carbons (Fsp3) is 0.389. The van der Waals surface area contributed by atoms with E-state index in [1.54, 1.807) is 14.2 Å². The topological polar surface area (TPSA) is 34.6 Å². The van der Waals surface area contributed by atoms with E-state index in [-0.39, 0.29) is 0 Å². The minimum absolute atomic E-state index is 0.394. The van der Waals surface area contributed by atoms with Gasteiger partial charge < -0.3 is 9.47 Å². The summed E-state index contributed by atoms with van der Waals surface area (Å²) in [6.07, 6.45) is 3.87. The highest BCUT2D eigenvalue weighted by Gasteiger charge is 2.34. The normalized spacial score (nSPS) is 19.8. The molecule has 0 radical (unpaired) electrons. The first-order valence-corrected chi connectivity index (χ1v) is 7.72. The molecule has 0 N–H and O–H groups in total. The van der Waals surface area contributed by atoms with Crippen molar-refractivity contribution < 1.29 is 9.47 Å². The van der Waals surface area contributed by atoms with Crippen LogP contribution in [0.2, 0.25) is 0 Å². The second-order valence-corrected chi connectivity index (χ2v) is 5.92. The minimum atomic E-state index is 0.394. The van der Waals surface area contributed by atoms with E-state index in [0.717, 1.165) is 37.4 Å². The number of hydrogen-bond donors (Lipinski definition) is 0. The third kappa shape index (κ3) is 1.98. The number of nitrogens with zero attached hydrogens (tertiary/aromatic N) is 2. The van der Waals surface area contributed by atoms with Crippen LogP contribution in [-0.4, -0.2) is 30.6 Å². The number of fused-ring (bicyclic) bond motifs is 4. The quantitative estimate of drug-likeness (QED) is 0.853. The Labute approximate surface area is 130 Å². The van der Waals surface area contributed by atoms with Gasteiger partial charge in [0.2, 0.25) is 0 Å². The monoisotopic (exact) mass is 296 g/mol. The lowest BCUT2D eigenvalue weighted by Gasteiger charge is -2.41. The summed E-state index contributed by atoms with van der Waals surface area (Å²) in [6, 6.07) is 8.84. The Morgan fingerprint density at radius 2 is 2.09 bits per heavy atom. The third-order valence-corrected chi connectivity index (χ3v) is 4.88. The van der Waals surface area contributed by atoms with Crippen LogP contribution in [0.1, 0.15) is 28.4 Å².